The number of carboxylic acid groups (broad SMARTS) is 1. The SMILES string of the molecule is CCCCCCCCCCCCCCCCOc1ccc(NC(=O)C(F)(Cc2ccccc2OC)C(=O)O)cc1. The molecule has 0 fully saturated rings. The zero-order chi connectivity index (χ0) is 29.1. The number of carbonyl (C=O) groups is 2. The molecule has 0 aliphatic rings. The van der Waals surface area contributed by atoms with Crippen molar-refractivity contribution in [3.63, 3.8) is 0 Å². The molecule has 2 aromatic carbocycles. The number of ether oxygens (including phenoxy) is 2. The van der Waals surface area contributed by atoms with E-state index in [0.29, 0.717) is 18.1 Å². The average Bonchev–Trinajstić information content (AvgIpc) is 2.96. The van der Waals surface area contributed by atoms with Gasteiger partial charge in [0, 0.05) is 12.1 Å². The van der Waals surface area contributed by atoms with Crippen LogP contribution in [0.25, 0.3) is 0 Å². The number of methoxy groups -OCH3 is 1. The van der Waals surface area contributed by atoms with E-state index >= 15 is 4.39 Å². The number of para-hydroxylation sites is 1. The Kier molecular flexibility index (Phi) is 15.8. The predicted molar refractivity (Wildman–Crippen MR) is 159 cm³/mol. The molecule has 1 unspecified atom stereocenters. The lowest BCUT2D eigenvalue weighted by molar-refractivity contribution is -0.156. The molecule has 222 valence electrons. The Balaban J connectivity index is 1.63. The van der Waals surface area contributed by atoms with E-state index in [4.69, 9.17) is 9.47 Å². The maximum absolute atomic E-state index is 15.4. The zero-order valence-electron chi connectivity index (χ0n) is 24.4. The fourth-order valence-corrected chi connectivity index (χ4v) is 4.72. The first-order valence-electron chi connectivity index (χ1n) is 15.0. The van der Waals surface area contributed by atoms with E-state index in [1.807, 2.05) is 0 Å². The molecule has 6 nitrogen and oxygen atoms in total. The molecule has 0 radical (unpaired) electrons. The van der Waals surface area contributed by atoms with Crippen LogP contribution in [0.15, 0.2) is 48.5 Å². The van der Waals surface area contributed by atoms with Gasteiger partial charge in [0.25, 0.3) is 11.6 Å². The van der Waals surface area contributed by atoms with E-state index in [0.717, 1.165) is 12.8 Å². The smallest absolute Gasteiger partial charge is 0.351 e. The molecular weight excluding hydrogens is 509 g/mol. The van der Waals surface area contributed by atoms with Gasteiger partial charge in [-0.2, -0.15) is 0 Å². The van der Waals surface area contributed by atoms with Crippen LogP contribution in [0.4, 0.5) is 10.1 Å². The van der Waals surface area contributed by atoms with Gasteiger partial charge in [-0.15, -0.1) is 0 Å². The molecule has 2 N–H and O–H groups in total. The fourth-order valence-electron chi connectivity index (χ4n) is 4.72. The van der Waals surface area contributed by atoms with Crippen molar-refractivity contribution in [2.75, 3.05) is 19.0 Å². The Morgan fingerprint density at radius 1 is 0.800 bits per heavy atom. The van der Waals surface area contributed by atoms with Gasteiger partial charge in [0.05, 0.1) is 13.7 Å². The van der Waals surface area contributed by atoms with E-state index in [1.54, 1.807) is 42.5 Å². The van der Waals surface area contributed by atoms with Crippen molar-refractivity contribution in [2.24, 2.45) is 0 Å². The third kappa shape index (κ3) is 12.0. The van der Waals surface area contributed by atoms with Crippen molar-refractivity contribution in [3.8, 4) is 11.5 Å². The van der Waals surface area contributed by atoms with Crippen LogP contribution < -0.4 is 14.8 Å². The van der Waals surface area contributed by atoms with Crippen LogP contribution in [0.1, 0.15) is 102 Å². The highest BCUT2D eigenvalue weighted by Gasteiger charge is 2.47. The van der Waals surface area contributed by atoms with Crippen molar-refractivity contribution < 1.29 is 28.6 Å². The minimum Gasteiger partial charge on any atom is -0.496 e. The molecule has 7 heteroatoms. The Morgan fingerprint density at radius 2 is 1.32 bits per heavy atom. The fraction of sp³-hybridized carbons (Fsp3) is 0.576. The summed E-state index contributed by atoms with van der Waals surface area (Å²) in [5, 5.41) is 11.9. The molecule has 40 heavy (non-hydrogen) atoms. The number of amides is 1. The largest absolute Gasteiger partial charge is 0.496 e. The normalized spacial score (nSPS) is 12.5. The minimum absolute atomic E-state index is 0.289. The second-order valence-electron chi connectivity index (χ2n) is 10.5. The number of carbonyl (C=O) groups excluding carboxylic acids is 1. The lowest BCUT2D eigenvalue weighted by Crippen LogP contribution is -2.47. The van der Waals surface area contributed by atoms with Crippen LogP contribution in [0.3, 0.4) is 0 Å². The van der Waals surface area contributed by atoms with Crippen molar-refractivity contribution in [3.05, 3.63) is 54.1 Å². The molecule has 2 rings (SSSR count). The Bertz CT molecular complexity index is 997. The second kappa shape index (κ2) is 19.1. The quantitative estimate of drug-likeness (QED) is 0.112. The van der Waals surface area contributed by atoms with Gasteiger partial charge in [0.1, 0.15) is 11.5 Å². The number of unbranched alkanes of at least 4 members (excludes halogenated alkanes) is 13. The number of rotatable bonds is 22. The van der Waals surface area contributed by atoms with Crippen LogP contribution in [-0.4, -0.2) is 36.4 Å². The minimum atomic E-state index is -3.16. The average molecular weight is 558 g/mol. The summed E-state index contributed by atoms with van der Waals surface area (Å²) >= 11 is 0. The van der Waals surface area contributed by atoms with Gasteiger partial charge in [-0.05, 0) is 42.3 Å². The van der Waals surface area contributed by atoms with Gasteiger partial charge in [-0.25, -0.2) is 9.18 Å². The van der Waals surface area contributed by atoms with Gasteiger partial charge in [-0.3, -0.25) is 4.79 Å². The van der Waals surface area contributed by atoms with Gasteiger partial charge >= 0.3 is 5.97 Å². The molecule has 0 aliphatic heterocycles. The summed E-state index contributed by atoms with van der Waals surface area (Å²) in [6.45, 7) is 2.86. The molecule has 0 aromatic heterocycles. The lowest BCUT2D eigenvalue weighted by atomic mass is 9.94. The monoisotopic (exact) mass is 557 g/mol. The van der Waals surface area contributed by atoms with E-state index in [1.165, 1.54) is 90.2 Å². The number of halogens is 1. The number of aliphatic carboxylic acids is 1. The van der Waals surface area contributed by atoms with Crippen LogP contribution in [-0.2, 0) is 16.0 Å². The first kappa shape index (κ1) is 33.1. The predicted octanol–water partition coefficient (Wildman–Crippen LogP) is 8.53. The summed E-state index contributed by atoms with van der Waals surface area (Å²) in [6.07, 6.45) is 17.6. The number of anilines is 1. The lowest BCUT2D eigenvalue weighted by Gasteiger charge is -2.21. The number of nitrogens with one attached hydrogen (secondary N) is 1. The van der Waals surface area contributed by atoms with Crippen LogP contribution >= 0.6 is 0 Å². The Labute approximate surface area is 239 Å². The summed E-state index contributed by atoms with van der Waals surface area (Å²) in [5.74, 6) is -2.14. The zero-order valence-corrected chi connectivity index (χ0v) is 24.4. The van der Waals surface area contributed by atoms with E-state index in [-0.39, 0.29) is 11.3 Å². The molecule has 0 saturated carbocycles. The summed E-state index contributed by atoms with van der Waals surface area (Å²) in [7, 11) is 1.41. The van der Waals surface area contributed by atoms with Gasteiger partial charge in [-0.1, -0.05) is 109 Å². The van der Waals surface area contributed by atoms with E-state index in [9.17, 15) is 14.7 Å². The topological polar surface area (TPSA) is 84.9 Å². The second-order valence-corrected chi connectivity index (χ2v) is 10.5. The Hall–Kier alpha value is -3.09. The van der Waals surface area contributed by atoms with Crippen LogP contribution in [0.5, 0.6) is 11.5 Å². The number of benzene rings is 2. The molecule has 0 aliphatic carbocycles. The van der Waals surface area contributed by atoms with Gasteiger partial charge in [0.2, 0.25) is 0 Å². The molecular formula is C33H48FNO5. The number of carboxylic acids is 1. The Morgan fingerprint density at radius 3 is 1.85 bits per heavy atom. The van der Waals surface area contributed by atoms with Gasteiger partial charge < -0.3 is 19.9 Å². The summed E-state index contributed by atoms with van der Waals surface area (Å²) in [4.78, 5) is 24.4. The van der Waals surface area contributed by atoms with Crippen molar-refractivity contribution >= 4 is 17.6 Å². The summed E-state index contributed by atoms with van der Waals surface area (Å²) in [6, 6.07) is 13.0. The van der Waals surface area contributed by atoms with E-state index in [2.05, 4.69) is 12.2 Å². The standard InChI is InChI=1S/C33H48FNO5/c1-3-4-5-6-7-8-9-10-11-12-13-14-15-18-25-40-29-23-21-28(22-24-29)35-31(36)33(34,32(37)38)26-27-19-16-17-20-30(27)39-2/h16-17,19-24H,3-15,18,25-26H2,1-2H3,(H,35,36)(H,37,38). The number of alkyl halides is 1. The molecule has 2 aromatic rings. The highest BCUT2D eigenvalue weighted by atomic mass is 19.1. The van der Waals surface area contributed by atoms with E-state index < -0.39 is 24.0 Å². The first-order chi connectivity index (χ1) is 19.4. The molecule has 0 spiro atoms. The maximum Gasteiger partial charge on any atom is 0.351 e. The highest BCUT2D eigenvalue weighted by molar-refractivity contribution is 6.11. The maximum atomic E-state index is 15.4. The first-order valence-corrected chi connectivity index (χ1v) is 15.0. The summed E-state index contributed by atoms with van der Waals surface area (Å²) < 4.78 is 26.4. The van der Waals surface area contributed by atoms with Gasteiger partial charge in [0.15, 0.2) is 0 Å². The van der Waals surface area contributed by atoms with Crippen LogP contribution in [0.2, 0.25) is 0 Å². The van der Waals surface area contributed by atoms with Crippen molar-refractivity contribution in [2.45, 2.75) is 109 Å². The molecule has 0 saturated heterocycles. The third-order valence-electron chi connectivity index (χ3n) is 7.20. The highest BCUT2D eigenvalue weighted by Crippen LogP contribution is 2.27. The van der Waals surface area contributed by atoms with Crippen molar-refractivity contribution in [1.29, 1.82) is 0 Å². The molecule has 1 atom stereocenters. The molecule has 0 bridgehead atoms. The summed E-state index contributed by atoms with van der Waals surface area (Å²) in [5.41, 5.74) is -2.58. The number of hydrogen-bond donors (Lipinski definition) is 2. The van der Waals surface area contributed by atoms with Crippen LogP contribution in [0, 0.1) is 0 Å². The van der Waals surface area contributed by atoms with Crippen molar-refractivity contribution in [1.82, 2.24) is 0 Å². The number of hydrogen-bond acceptors (Lipinski definition) is 4. The molecule has 0 heterocycles. The molecule has 1 amide bonds. The third-order valence-corrected chi connectivity index (χ3v) is 7.20.